The number of halogens is 3. The van der Waals surface area contributed by atoms with Gasteiger partial charge in [0.2, 0.25) is 11.0 Å². The van der Waals surface area contributed by atoms with Crippen molar-refractivity contribution in [2.24, 2.45) is 5.92 Å². The Labute approximate surface area is 166 Å². The second-order valence-electron chi connectivity index (χ2n) is 6.08. The standard InChI is InChI=1S/C19H12F3NO5S/c20-19(21,22)12-4-2-1-3-10(12)9-5-6-13-11(7-9)16(26)15(18(28)29-13)17(27)23-8-14(24)25/h1-7,15H,8H2,(H,23,27)(H,24,25). The van der Waals surface area contributed by atoms with E-state index in [1.54, 1.807) is 0 Å². The fourth-order valence-corrected chi connectivity index (χ4v) is 3.84. The molecular formula is C19H12F3NO5S. The van der Waals surface area contributed by atoms with Crippen molar-refractivity contribution in [1.82, 2.24) is 5.32 Å². The van der Waals surface area contributed by atoms with Gasteiger partial charge in [-0.3, -0.25) is 19.2 Å². The Bertz CT molecular complexity index is 1030. The molecule has 0 aliphatic carbocycles. The minimum Gasteiger partial charge on any atom is -0.480 e. The number of ketones is 1. The van der Waals surface area contributed by atoms with Crippen molar-refractivity contribution in [2.45, 2.75) is 11.1 Å². The molecule has 1 atom stereocenters. The Hall–Kier alpha value is -3.14. The van der Waals surface area contributed by atoms with Crippen molar-refractivity contribution in [3.05, 3.63) is 53.6 Å². The average Bonchev–Trinajstić information content (AvgIpc) is 2.65. The fourth-order valence-electron chi connectivity index (χ4n) is 2.88. The number of carbonyl (C=O) groups excluding carboxylic acids is 3. The molecule has 2 aromatic rings. The molecule has 6 nitrogen and oxygen atoms in total. The number of carbonyl (C=O) groups is 4. The normalized spacial score (nSPS) is 16.3. The molecule has 150 valence electrons. The van der Waals surface area contributed by atoms with Gasteiger partial charge in [0.1, 0.15) is 6.54 Å². The minimum atomic E-state index is -4.61. The Balaban J connectivity index is 2.01. The molecule has 3 rings (SSSR count). The van der Waals surface area contributed by atoms with Gasteiger partial charge in [-0.2, -0.15) is 13.2 Å². The maximum Gasteiger partial charge on any atom is 0.417 e. The van der Waals surface area contributed by atoms with Gasteiger partial charge in [-0.25, -0.2) is 0 Å². The molecule has 10 heteroatoms. The molecule has 0 radical (unpaired) electrons. The van der Waals surface area contributed by atoms with E-state index in [-0.39, 0.29) is 21.6 Å². The zero-order valence-electron chi connectivity index (χ0n) is 14.4. The molecular weight excluding hydrogens is 411 g/mol. The van der Waals surface area contributed by atoms with E-state index in [0.29, 0.717) is 11.8 Å². The lowest BCUT2D eigenvalue weighted by Crippen LogP contribution is -2.42. The summed E-state index contributed by atoms with van der Waals surface area (Å²) in [7, 11) is 0. The number of Topliss-reactive ketones (excluding diaryl/α,β-unsaturated/α-hetero) is 1. The zero-order chi connectivity index (χ0) is 21.3. The lowest BCUT2D eigenvalue weighted by Gasteiger charge is -2.22. The second-order valence-corrected chi connectivity index (χ2v) is 7.13. The van der Waals surface area contributed by atoms with Crippen LogP contribution in [-0.4, -0.2) is 34.4 Å². The van der Waals surface area contributed by atoms with Gasteiger partial charge in [0.05, 0.1) is 5.56 Å². The second kappa shape index (κ2) is 7.70. The van der Waals surface area contributed by atoms with Crippen LogP contribution in [0.3, 0.4) is 0 Å². The van der Waals surface area contributed by atoms with E-state index < -0.39 is 47.0 Å². The number of rotatable bonds is 4. The Morgan fingerprint density at radius 3 is 2.41 bits per heavy atom. The van der Waals surface area contributed by atoms with Crippen molar-refractivity contribution in [3.63, 3.8) is 0 Å². The molecule has 1 aliphatic heterocycles. The van der Waals surface area contributed by atoms with E-state index in [1.165, 1.54) is 36.4 Å². The molecule has 2 N–H and O–H groups in total. The first-order chi connectivity index (χ1) is 13.6. The van der Waals surface area contributed by atoms with Crippen LogP contribution in [0.1, 0.15) is 15.9 Å². The number of hydrogen-bond acceptors (Lipinski definition) is 5. The SMILES string of the molecule is O=C(O)CNC(=O)C1C(=O)Sc2ccc(-c3ccccc3C(F)(F)F)cc2C1=O. The van der Waals surface area contributed by atoms with Crippen LogP contribution in [0.2, 0.25) is 0 Å². The summed E-state index contributed by atoms with van der Waals surface area (Å²) in [5.74, 6) is -5.08. The van der Waals surface area contributed by atoms with Gasteiger partial charge in [0.15, 0.2) is 11.7 Å². The van der Waals surface area contributed by atoms with Gasteiger partial charge < -0.3 is 10.4 Å². The molecule has 0 bridgehead atoms. The number of fused-ring (bicyclic) bond motifs is 1. The highest BCUT2D eigenvalue weighted by atomic mass is 32.2. The molecule has 0 saturated carbocycles. The van der Waals surface area contributed by atoms with Crippen molar-refractivity contribution in [3.8, 4) is 11.1 Å². The molecule has 1 unspecified atom stereocenters. The third-order valence-corrected chi connectivity index (χ3v) is 5.19. The van der Waals surface area contributed by atoms with Crippen molar-refractivity contribution < 1.29 is 37.5 Å². The predicted octanol–water partition coefficient (Wildman–Crippen LogP) is 3.00. The average molecular weight is 423 g/mol. The number of aliphatic carboxylic acids is 1. The van der Waals surface area contributed by atoms with Gasteiger partial charge in [0, 0.05) is 10.5 Å². The number of carboxylic acid groups (broad SMARTS) is 1. The largest absolute Gasteiger partial charge is 0.480 e. The summed E-state index contributed by atoms with van der Waals surface area (Å²) >= 11 is 0.610. The molecule has 0 fully saturated rings. The number of carboxylic acids is 1. The first kappa shape index (κ1) is 20.6. The summed E-state index contributed by atoms with van der Waals surface area (Å²) in [6.07, 6.45) is -4.61. The van der Waals surface area contributed by atoms with E-state index in [0.717, 1.165) is 6.07 Å². The number of hydrogen-bond donors (Lipinski definition) is 2. The summed E-state index contributed by atoms with van der Waals surface area (Å²) < 4.78 is 39.9. The third kappa shape index (κ3) is 4.16. The highest BCUT2D eigenvalue weighted by Crippen LogP contribution is 2.40. The summed E-state index contributed by atoms with van der Waals surface area (Å²) in [6, 6.07) is 8.76. The molecule has 1 aliphatic rings. The van der Waals surface area contributed by atoms with Gasteiger partial charge in [0.25, 0.3) is 0 Å². The quantitative estimate of drug-likeness (QED) is 0.734. The van der Waals surface area contributed by atoms with Crippen molar-refractivity contribution in [2.75, 3.05) is 6.54 Å². The van der Waals surface area contributed by atoms with Crippen LogP contribution in [0.5, 0.6) is 0 Å². The van der Waals surface area contributed by atoms with Crippen LogP contribution >= 0.6 is 11.8 Å². The smallest absolute Gasteiger partial charge is 0.417 e. The minimum absolute atomic E-state index is 0.0699. The number of nitrogens with one attached hydrogen (secondary N) is 1. The maximum absolute atomic E-state index is 13.3. The Morgan fingerprint density at radius 1 is 1.07 bits per heavy atom. The molecule has 2 aromatic carbocycles. The molecule has 0 saturated heterocycles. The fraction of sp³-hybridized carbons (Fsp3) is 0.158. The molecule has 1 heterocycles. The monoisotopic (exact) mass is 423 g/mol. The lowest BCUT2D eigenvalue weighted by atomic mass is 9.92. The maximum atomic E-state index is 13.3. The lowest BCUT2D eigenvalue weighted by molar-refractivity contribution is -0.139. The first-order valence-electron chi connectivity index (χ1n) is 8.15. The van der Waals surface area contributed by atoms with Crippen LogP contribution < -0.4 is 5.32 Å². The van der Waals surface area contributed by atoms with E-state index in [9.17, 15) is 32.3 Å². The third-order valence-electron chi connectivity index (χ3n) is 4.17. The van der Waals surface area contributed by atoms with E-state index in [2.05, 4.69) is 0 Å². The number of alkyl halides is 3. The van der Waals surface area contributed by atoms with E-state index in [4.69, 9.17) is 5.11 Å². The van der Waals surface area contributed by atoms with Crippen LogP contribution in [0.15, 0.2) is 47.4 Å². The number of benzene rings is 2. The molecule has 1 amide bonds. The van der Waals surface area contributed by atoms with Gasteiger partial charge in [-0.05, 0) is 41.1 Å². The van der Waals surface area contributed by atoms with Crippen molar-refractivity contribution in [1.29, 1.82) is 0 Å². The van der Waals surface area contributed by atoms with Crippen LogP contribution in [0.25, 0.3) is 11.1 Å². The molecule has 0 aromatic heterocycles. The number of thioether (sulfide) groups is 1. The van der Waals surface area contributed by atoms with Gasteiger partial charge >= 0.3 is 12.1 Å². The predicted molar refractivity (Wildman–Crippen MR) is 96.2 cm³/mol. The molecule has 29 heavy (non-hydrogen) atoms. The zero-order valence-corrected chi connectivity index (χ0v) is 15.3. The number of amides is 1. The summed E-state index contributed by atoms with van der Waals surface area (Å²) in [6.45, 7) is -0.771. The summed E-state index contributed by atoms with van der Waals surface area (Å²) in [5.41, 5.74) is -1.00. The highest BCUT2D eigenvalue weighted by molar-refractivity contribution is 8.14. The Morgan fingerprint density at radius 2 is 1.76 bits per heavy atom. The van der Waals surface area contributed by atoms with Crippen LogP contribution in [0.4, 0.5) is 13.2 Å². The molecule has 0 spiro atoms. The summed E-state index contributed by atoms with van der Waals surface area (Å²) in [5, 5.41) is 9.82. The topological polar surface area (TPSA) is 101 Å². The Kier molecular flexibility index (Phi) is 5.47. The summed E-state index contributed by atoms with van der Waals surface area (Å²) in [4.78, 5) is 47.8. The van der Waals surface area contributed by atoms with Gasteiger partial charge in [-0.1, -0.05) is 24.3 Å². The van der Waals surface area contributed by atoms with Gasteiger partial charge in [-0.15, -0.1) is 0 Å². The highest BCUT2D eigenvalue weighted by Gasteiger charge is 2.41. The van der Waals surface area contributed by atoms with Crippen LogP contribution in [0, 0.1) is 5.92 Å². The van der Waals surface area contributed by atoms with E-state index in [1.807, 2.05) is 5.32 Å². The van der Waals surface area contributed by atoms with Crippen LogP contribution in [-0.2, 0) is 20.6 Å². The first-order valence-corrected chi connectivity index (χ1v) is 8.97. The van der Waals surface area contributed by atoms with E-state index >= 15 is 0 Å². The van der Waals surface area contributed by atoms with Crippen molar-refractivity contribution >= 4 is 34.5 Å².